The highest BCUT2D eigenvalue weighted by Gasteiger charge is 2.29. The lowest BCUT2D eigenvalue weighted by Crippen LogP contribution is -2.49. The number of aromatic nitrogens is 4. The highest BCUT2D eigenvalue weighted by molar-refractivity contribution is 7.89. The van der Waals surface area contributed by atoms with E-state index in [1.807, 2.05) is 67.9 Å². The van der Waals surface area contributed by atoms with Gasteiger partial charge in [0.2, 0.25) is 10.0 Å². The Labute approximate surface area is 193 Å². The van der Waals surface area contributed by atoms with Crippen molar-refractivity contribution in [1.82, 2.24) is 24.1 Å². The van der Waals surface area contributed by atoms with Crippen molar-refractivity contribution in [2.45, 2.75) is 25.7 Å². The number of fused-ring (bicyclic) bond motifs is 1. The number of rotatable bonds is 4. The lowest BCUT2D eigenvalue weighted by atomic mass is 10.1. The Morgan fingerprint density at radius 1 is 0.788 bits per heavy atom. The van der Waals surface area contributed by atoms with E-state index >= 15 is 0 Å². The Hall–Kier alpha value is -3.30. The Morgan fingerprint density at radius 2 is 1.48 bits per heavy atom. The fraction of sp³-hybridized carbons (Fsp3) is 0.292. The molecule has 0 N–H and O–H groups in total. The van der Waals surface area contributed by atoms with Crippen LogP contribution in [-0.4, -0.2) is 58.7 Å². The summed E-state index contributed by atoms with van der Waals surface area (Å²) in [5.74, 6) is 2.16. The SMILES string of the molecule is Cc1cc(C)n(-c2cc(N3CCN(S(=O)(=O)c4ccc5ccccc5c4)CC3)nc(C)n2)n1. The van der Waals surface area contributed by atoms with Gasteiger partial charge in [-0.1, -0.05) is 30.3 Å². The Morgan fingerprint density at radius 3 is 2.18 bits per heavy atom. The molecule has 3 heterocycles. The van der Waals surface area contributed by atoms with Gasteiger partial charge in [-0.25, -0.2) is 23.1 Å². The number of hydrogen-bond acceptors (Lipinski definition) is 6. The number of nitrogens with zero attached hydrogens (tertiary/aromatic N) is 6. The summed E-state index contributed by atoms with van der Waals surface area (Å²) in [6.07, 6.45) is 0. The second kappa shape index (κ2) is 8.24. The van der Waals surface area contributed by atoms with Crippen LogP contribution in [0.4, 0.5) is 5.82 Å². The fourth-order valence-electron chi connectivity index (χ4n) is 4.30. The zero-order chi connectivity index (χ0) is 23.2. The molecule has 0 amide bonds. The van der Waals surface area contributed by atoms with Crippen LogP contribution in [-0.2, 0) is 10.0 Å². The first-order valence-electron chi connectivity index (χ1n) is 10.9. The smallest absolute Gasteiger partial charge is 0.243 e. The van der Waals surface area contributed by atoms with Gasteiger partial charge < -0.3 is 4.90 Å². The predicted molar refractivity (Wildman–Crippen MR) is 128 cm³/mol. The van der Waals surface area contributed by atoms with E-state index in [4.69, 9.17) is 0 Å². The summed E-state index contributed by atoms with van der Waals surface area (Å²) in [7, 11) is -3.56. The number of anilines is 1. The van der Waals surface area contributed by atoms with Crippen molar-refractivity contribution in [2.24, 2.45) is 0 Å². The molecule has 1 aliphatic heterocycles. The average Bonchev–Trinajstić information content (AvgIpc) is 3.16. The Kier molecular flexibility index (Phi) is 5.38. The number of piperazine rings is 1. The Balaban J connectivity index is 1.36. The molecule has 0 bridgehead atoms. The summed E-state index contributed by atoms with van der Waals surface area (Å²) in [6.45, 7) is 7.71. The molecule has 4 aromatic rings. The van der Waals surface area contributed by atoms with Gasteiger partial charge in [0.05, 0.1) is 10.6 Å². The van der Waals surface area contributed by atoms with Crippen LogP contribution >= 0.6 is 0 Å². The lowest BCUT2D eigenvalue weighted by molar-refractivity contribution is 0.383. The van der Waals surface area contributed by atoms with Gasteiger partial charge in [0, 0.05) is 37.9 Å². The van der Waals surface area contributed by atoms with E-state index in [2.05, 4.69) is 20.0 Å². The molecule has 2 aromatic carbocycles. The van der Waals surface area contributed by atoms with Gasteiger partial charge in [-0.2, -0.15) is 9.40 Å². The van der Waals surface area contributed by atoms with Gasteiger partial charge >= 0.3 is 0 Å². The maximum atomic E-state index is 13.3. The van der Waals surface area contributed by atoms with Crippen LogP contribution in [0.2, 0.25) is 0 Å². The second-order valence-corrected chi connectivity index (χ2v) is 10.3. The van der Waals surface area contributed by atoms with E-state index < -0.39 is 10.0 Å². The van der Waals surface area contributed by atoms with Crippen molar-refractivity contribution in [3.05, 3.63) is 71.8 Å². The van der Waals surface area contributed by atoms with Crippen molar-refractivity contribution >= 4 is 26.6 Å². The average molecular weight is 463 g/mol. The molecule has 0 atom stereocenters. The summed E-state index contributed by atoms with van der Waals surface area (Å²) >= 11 is 0. The largest absolute Gasteiger partial charge is 0.354 e. The molecular weight excluding hydrogens is 436 g/mol. The van der Waals surface area contributed by atoms with Gasteiger partial charge in [0.25, 0.3) is 0 Å². The van der Waals surface area contributed by atoms with Gasteiger partial charge in [0.1, 0.15) is 11.6 Å². The first-order valence-corrected chi connectivity index (χ1v) is 12.4. The molecule has 5 rings (SSSR count). The molecule has 0 aliphatic carbocycles. The maximum Gasteiger partial charge on any atom is 0.243 e. The zero-order valence-electron chi connectivity index (χ0n) is 18.9. The molecule has 1 fully saturated rings. The molecule has 0 spiro atoms. The van der Waals surface area contributed by atoms with Crippen molar-refractivity contribution < 1.29 is 8.42 Å². The van der Waals surface area contributed by atoms with Crippen molar-refractivity contribution in [3.63, 3.8) is 0 Å². The highest BCUT2D eigenvalue weighted by Crippen LogP contribution is 2.24. The molecule has 2 aromatic heterocycles. The van der Waals surface area contributed by atoms with Crippen LogP contribution in [0.5, 0.6) is 0 Å². The molecule has 8 nitrogen and oxygen atoms in total. The minimum atomic E-state index is -3.56. The van der Waals surface area contributed by atoms with E-state index in [1.165, 1.54) is 0 Å². The van der Waals surface area contributed by atoms with Crippen LogP contribution in [0.3, 0.4) is 0 Å². The van der Waals surface area contributed by atoms with Crippen molar-refractivity contribution in [3.8, 4) is 5.82 Å². The third-order valence-corrected chi connectivity index (χ3v) is 7.85. The van der Waals surface area contributed by atoms with Gasteiger partial charge in [0.15, 0.2) is 5.82 Å². The molecule has 33 heavy (non-hydrogen) atoms. The second-order valence-electron chi connectivity index (χ2n) is 8.37. The molecule has 1 aliphatic rings. The number of aryl methyl sites for hydroxylation is 3. The number of benzene rings is 2. The van der Waals surface area contributed by atoms with Crippen LogP contribution in [0.15, 0.2) is 59.5 Å². The molecule has 170 valence electrons. The minimum Gasteiger partial charge on any atom is -0.354 e. The molecule has 9 heteroatoms. The van der Waals surface area contributed by atoms with Gasteiger partial charge in [-0.3, -0.25) is 0 Å². The van der Waals surface area contributed by atoms with Crippen LogP contribution in [0.1, 0.15) is 17.2 Å². The first-order chi connectivity index (χ1) is 15.8. The third kappa shape index (κ3) is 4.09. The van der Waals surface area contributed by atoms with Crippen LogP contribution in [0, 0.1) is 20.8 Å². The number of sulfonamides is 1. The van der Waals surface area contributed by atoms with E-state index in [-0.39, 0.29) is 0 Å². The van der Waals surface area contributed by atoms with Crippen LogP contribution in [0.25, 0.3) is 16.6 Å². The topological polar surface area (TPSA) is 84.2 Å². The van der Waals surface area contributed by atoms with E-state index in [9.17, 15) is 8.42 Å². The summed E-state index contributed by atoms with van der Waals surface area (Å²) in [4.78, 5) is 11.6. The van der Waals surface area contributed by atoms with Crippen molar-refractivity contribution in [2.75, 3.05) is 31.1 Å². The zero-order valence-corrected chi connectivity index (χ0v) is 19.7. The minimum absolute atomic E-state index is 0.333. The van der Waals surface area contributed by atoms with Gasteiger partial charge in [-0.15, -0.1) is 0 Å². The normalized spacial score (nSPS) is 15.3. The van der Waals surface area contributed by atoms with E-state index in [0.717, 1.165) is 28.0 Å². The first kappa shape index (κ1) is 21.5. The predicted octanol–water partition coefficient (Wildman–Crippen LogP) is 3.25. The maximum absolute atomic E-state index is 13.3. The summed E-state index contributed by atoms with van der Waals surface area (Å²) in [5.41, 5.74) is 1.93. The molecule has 1 saturated heterocycles. The van der Waals surface area contributed by atoms with Crippen LogP contribution < -0.4 is 4.90 Å². The summed E-state index contributed by atoms with van der Waals surface area (Å²) in [6, 6.07) is 17.0. The monoisotopic (exact) mass is 462 g/mol. The van der Waals surface area contributed by atoms with E-state index in [1.54, 1.807) is 16.4 Å². The Bertz CT molecular complexity index is 1440. The quantitative estimate of drug-likeness (QED) is 0.463. The lowest BCUT2D eigenvalue weighted by Gasteiger charge is -2.34. The summed E-state index contributed by atoms with van der Waals surface area (Å²) in [5, 5.41) is 6.48. The van der Waals surface area contributed by atoms with Gasteiger partial charge in [-0.05, 0) is 49.7 Å². The molecule has 0 unspecified atom stereocenters. The summed E-state index contributed by atoms with van der Waals surface area (Å²) < 4.78 is 29.9. The standard InChI is InChI=1S/C24H26N6O2S/c1-17-14-18(2)30(27-17)24-16-23(25-19(3)26-24)28-10-12-29(13-11-28)33(31,32)22-9-8-20-6-4-5-7-21(20)15-22/h4-9,14-16H,10-13H2,1-3H3. The molecule has 0 saturated carbocycles. The van der Waals surface area contributed by atoms with Crippen molar-refractivity contribution in [1.29, 1.82) is 0 Å². The molecule has 0 radical (unpaired) electrons. The fourth-order valence-corrected chi connectivity index (χ4v) is 5.76. The third-order valence-electron chi connectivity index (χ3n) is 5.96. The molecular formula is C24H26N6O2S. The highest BCUT2D eigenvalue weighted by atomic mass is 32.2. The number of hydrogen-bond donors (Lipinski definition) is 0. The van der Waals surface area contributed by atoms with E-state index in [0.29, 0.717) is 42.7 Å².